The summed E-state index contributed by atoms with van der Waals surface area (Å²) in [5.74, 6) is 0.652. The second kappa shape index (κ2) is 4.27. The van der Waals surface area contributed by atoms with E-state index in [2.05, 4.69) is 4.18 Å². The van der Waals surface area contributed by atoms with Crippen LogP contribution in [0.5, 0.6) is 11.5 Å². The molecule has 0 aromatic heterocycles. The highest BCUT2D eigenvalue weighted by Gasteiger charge is 2.09. The Kier molecular flexibility index (Phi) is 3.28. The highest BCUT2D eigenvalue weighted by atomic mass is 32.2. The van der Waals surface area contributed by atoms with Crippen molar-refractivity contribution in [2.75, 3.05) is 7.11 Å². The molecule has 0 spiro atoms. The van der Waals surface area contributed by atoms with E-state index in [0.29, 0.717) is 5.75 Å². The molecule has 0 aliphatic heterocycles. The molecule has 6 nitrogen and oxygen atoms in total. The lowest BCUT2D eigenvalue weighted by Gasteiger charge is -2.04. The Morgan fingerprint density at radius 1 is 1.21 bits per heavy atom. The smallest absolute Gasteiger partial charge is 0.404 e. The van der Waals surface area contributed by atoms with E-state index in [1.807, 2.05) is 0 Å². The fourth-order valence-electron chi connectivity index (χ4n) is 0.777. The first kappa shape index (κ1) is 10.8. The Hall–Kier alpha value is -1.31. The predicted octanol–water partition coefficient (Wildman–Crippen LogP) is 0.298. The van der Waals surface area contributed by atoms with Gasteiger partial charge in [0.2, 0.25) is 0 Å². The summed E-state index contributed by atoms with van der Waals surface area (Å²) < 4.78 is 30.7. The van der Waals surface area contributed by atoms with E-state index in [0.717, 1.165) is 4.89 Å². The molecule has 0 atom stereocenters. The normalized spacial score (nSPS) is 11.0. The maximum absolute atomic E-state index is 10.7. The molecule has 0 aliphatic carbocycles. The van der Waals surface area contributed by atoms with Crippen LogP contribution in [0.2, 0.25) is 0 Å². The first-order valence-corrected chi connectivity index (χ1v) is 4.97. The molecular formula is C7H9NO5S. The summed E-state index contributed by atoms with van der Waals surface area (Å²) in [7, 11) is -2.64. The van der Waals surface area contributed by atoms with Gasteiger partial charge >= 0.3 is 10.3 Å². The highest BCUT2D eigenvalue weighted by molar-refractivity contribution is 7.84. The standard InChI is InChI=1S/C7H9NO5S/c1-12-6-2-4-7(5-3-6)13-14(10,11)8-9/h2-5,8-9H,1H3. The molecule has 1 rings (SSSR count). The van der Waals surface area contributed by atoms with Gasteiger partial charge < -0.3 is 8.92 Å². The van der Waals surface area contributed by atoms with Crippen molar-refractivity contribution in [3.8, 4) is 11.5 Å². The van der Waals surface area contributed by atoms with E-state index in [1.54, 1.807) is 0 Å². The van der Waals surface area contributed by atoms with Gasteiger partial charge in [-0.1, -0.05) is 4.89 Å². The molecule has 0 unspecified atom stereocenters. The summed E-state index contributed by atoms with van der Waals surface area (Å²) in [6.45, 7) is 0. The predicted molar refractivity (Wildman–Crippen MR) is 47.5 cm³/mol. The summed E-state index contributed by atoms with van der Waals surface area (Å²) in [6.07, 6.45) is 0. The molecule has 0 fully saturated rings. The number of hydrogen-bond donors (Lipinski definition) is 2. The Morgan fingerprint density at radius 3 is 2.14 bits per heavy atom. The summed E-state index contributed by atoms with van der Waals surface area (Å²) >= 11 is 0. The lowest BCUT2D eigenvalue weighted by molar-refractivity contribution is 0.228. The van der Waals surface area contributed by atoms with Gasteiger partial charge in [-0.05, 0) is 24.3 Å². The largest absolute Gasteiger partial charge is 0.497 e. The minimum Gasteiger partial charge on any atom is -0.497 e. The van der Waals surface area contributed by atoms with Crippen molar-refractivity contribution in [3.63, 3.8) is 0 Å². The number of benzene rings is 1. The van der Waals surface area contributed by atoms with Crippen LogP contribution in [0.15, 0.2) is 24.3 Å². The monoisotopic (exact) mass is 219 g/mol. The molecular weight excluding hydrogens is 210 g/mol. The number of hydrogen-bond acceptors (Lipinski definition) is 5. The van der Waals surface area contributed by atoms with E-state index in [-0.39, 0.29) is 5.75 Å². The van der Waals surface area contributed by atoms with Crippen LogP contribution in [0.4, 0.5) is 0 Å². The third-order valence-electron chi connectivity index (χ3n) is 1.38. The number of rotatable bonds is 4. The first-order valence-electron chi connectivity index (χ1n) is 3.57. The van der Waals surface area contributed by atoms with Gasteiger partial charge in [0.1, 0.15) is 11.5 Å². The van der Waals surface area contributed by atoms with E-state index in [4.69, 9.17) is 9.94 Å². The molecule has 0 aliphatic rings. The minimum atomic E-state index is -4.13. The fraction of sp³-hybridized carbons (Fsp3) is 0.143. The van der Waals surface area contributed by atoms with Crippen molar-refractivity contribution in [2.45, 2.75) is 0 Å². The van der Waals surface area contributed by atoms with Crippen LogP contribution in [-0.4, -0.2) is 20.7 Å². The van der Waals surface area contributed by atoms with Gasteiger partial charge in [-0.3, -0.25) is 5.21 Å². The maximum atomic E-state index is 10.7. The second-order valence-corrected chi connectivity index (χ2v) is 3.56. The molecule has 1 aromatic carbocycles. The van der Waals surface area contributed by atoms with Crippen molar-refractivity contribution in [1.29, 1.82) is 0 Å². The summed E-state index contributed by atoms with van der Waals surface area (Å²) in [4.78, 5) is 1.04. The van der Waals surface area contributed by atoms with Gasteiger partial charge in [0.15, 0.2) is 0 Å². The van der Waals surface area contributed by atoms with Crippen molar-refractivity contribution in [2.24, 2.45) is 0 Å². The summed E-state index contributed by atoms with van der Waals surface area (Å²) in [5.41, 5.74) is 0. The van der Waals surface area contributed by atoms with Crippen LogP contribution >= 0.6 is 0 Å². The van der Waals surface area contributed by atoms with Gasteiger partial charge in [-0.2, -0.15) is 8.42 Å². The van der Waals surface area contributed by atoms with Gasteiger partial charge in [0.05, 0.1) is 7.11 Å². The number of nitrogens with one attached hydrogen (secondary N) is 1. The second-order valence-electron chi connectivity index (χ2n) is 2.30. The van der Waals surface area contributed by atoms with Crippen LogP contribution in [0.1, 0.15) is 0 Å². The zero-order valence-corrected chi connectivity index (χ0v) is 8.11. The lowest BCUT2D eigenvalue weighted by Crippen LogP contribution is -2.24. The Morgan fingerprint density at radius 2 is 1.71 bits per heavy atom. The molecule has 0 bridgehead atoms. The van der Waals surface area contributed by atoms with Crippen LogP contribution < -0.4 is 13.8 Å². The van der Waals surface area contributed by atoms with Gasteiger partial charge in [0, 0.05) is 0 Å². The maximum Gasteiger partial charge on any atom is 0.404 e. The average Bonchev–Trinajstić information content (AvgIpc) is 2.19. The van der Waals surface area contributed by atoms with Gasteiger partial charge in [-0.25, -0.2) is 0 Å². The topological polar surface area (TPSA) is 84.9 Å². The Bertz CT molecular complexity index is 385. The van der Waals surface area contributed by atoms with Crippen LogP contribution in [0.25, 0.3) is 0 Å². The number of methoxy groups -OCH3 is 1. The van der Waals surface area contributed by atoms with E-state index in [1.165, 1.54) is 31.4 Å². The molecule has 0 saturated carbocycles. The van der Waals surface area contributed by atoms with Crippen molar-refractivity contribution in [1.82, 2.24) is 4.89 Å². The molecule has 0 radical (unpaired) electrons. The lowest BCUT2D eigenvalue weighted by atomic mass is 10.3. The van der Waals surface area contributed by atoms with E-state index < -0.39 is 10.3 Å². The SMILES string of the molecule is COc1ccc(OS(=O)(=O)NO)cc1. The molecule has 0 saturated heterocycles. The molecule has 0 heterocycles. The van der Waals surface area contributed by atoms with Gasteiger partial charge in [-0.15, -0.1) is 0 Å². The third-order valence-corrected chi connectivity index (χ3v) is 2.01. The minimum absolute atomic E-state index is 0.0763. The van der Waals surface area contributed by atoms with Crippen molar-refractivity contribution in [3.05, 3.63) is 24.3 Å². The van der Waals surface area contributed by atoms with E-state index >= 15 is 0 Å². The first-order chi connectivity index (χ1) is 6.57. The molecule has 78 valence electrons. The quantitative estimate of drug-likeness (QED) is 0.711. The molecule has 14 heavy (non-hydrogen) atoms. The summed E-state index contributed by atoms with van der Waals surface area (Å²) in [6, 6.07) is 5.85. The molecule has 0 amide bonds. The zero-order valence-electron chi connectivity index (χ0n) is 7.30. The van der Waals surface area contributed by atoms with Crippen molar-refractivity contribution < 1.29 is 22.5 Å². The molecule has 1 aromatic rings. The van der Waals surface area contributed by atoms with Gasteiger partial charge in [0.25, 0.3) is 0 Å². The van der Waals surface area contributed by atoms with E-state index in [9.17, 15) is 8.42 Å². The zero-order chi connectivity index (χ0) is 10.6. The average molecular weight is 219 g/mol. The molecule has 2 N–H and O–H groups in total. The van der Waals surface area contributed by atoms with Crippen LogP contribution in [-0.2, 0) is 10.3 Å². The summed E-state index contributed by atoms with van der Waals surface area (Å²) in [5, 5.41) is 8.17. The third kappa shape index (κ3) is 2.87. The Labute approximate surface area is 81.3 Å². The number of ether oxygens (including phenoxy) is 1. The fourth-order valence-corrected chi connectivity index (χ4v) is 1.18. The molecule has 7 heteroatoms. The Balaban J connectivity index is 2.79. The van der Waals surface area contributed by atoms with Crippen molar-refractivity contribution >= 4 is 10.3 Å². The highest BCUT2D eigenvalue weighted by Crippen LogP contribution is 2.17. The van der Waals surface area contributed by atoms with Crippen LogP contribution in [0, 0.1) is 0 Å². The van der Waals surface area contributed by atoms with Crippen LogP contribution in [0.3, 0.4) is 0 Å².